The van der Waals surface area contributed by atoms with Gasteiger partial charge in [-0.3, -0.25) is 4.79 Å². The number of benzene rings is 2. The Morgan fingerprint density at radius 2 is 1.96 bits per heavy atom. The number of hydrogen-bond acceptors (Lipinski definition) is 4. The van der Waals surface area contributed by atoms with Crippen molar-refractivity contribution in [3.63, 3.8) is 0 Å². The predicted octanol–water partition coefficient (Wildman–Crippen LogP) is 2.84. The molecule has 27 heavy (non-hydrogen) atoms. The van der Waals surface area contributed by atoms with E-state index in [-0.39, 0.29) is 35.3 Å². The van der Waals surface area contributed by atoms with Crippen LogP contribution >= 0.6 is 11.6 Å². The summed E-state index contributed by atoms with van der Waals surface area (Å²) in [6, 6.07) is 13.4. The summed E-state index contributed by atoms with van der Waals surface area (Å²) in [4.78, 5) is 12.1. The number of ether oxygens (including phenoxy) is 1. The Bertz CT molecular complexity index is 901. The highest BCUT2D eigenvalue weighted by Crippen LogP contribution is 2.30. The van der Waals surface area contributed by atoms with Crippen LogP contribution in [-0.4, -0.2) is 38.8 Å². The van der Waals surface area contributed by atoms with Crippen molar-refractivity contribution in [1.29, 1.82) is 0 Å². The van der Waals surface area contributed by atoms with E-state index in [2.05, 4.69) is 11.9 Å². The van der Waals surface area contributed by atoms with Gasteiger partial charge in [0.05, 0.1) is 13.7 Å². The zero-order valence-corrected chi connectivity index (χ0v) is 16.5. The third-order valence-corrected chi connectivity index (χ3v) is 5.76. The summed E-state index contributed by atoms with van der Waals surface area (Å²) in [6.45, 7) is 3.46. The third kappa shape index (κ3) is 5.56. The highest BCUT2D eigenvalue weighted by atomic mass is 35.5. The van der Waals surface area contributed by atoms with Crippen molar-refractivity contribution < 1.29 is 17.9 Å². The molecular formula is C19H21ClN2O4S. The van der Waals surface area contributed by atoms with Crippen molar-refractivity contribution in [1.82, 2.24) is 9.62 Å². The first-order chi connectivity index (χ1) is 12.9. The molecule has 0 atom stereocenters. The van der Waals surface area contributed by atoms with Gasteiger partial charge in [0.15, 0.2) is 0 Å². The maximum absolute atomic E-state index is 13.3. The van der Waals surface area contributed by atoms with Crippen LogP contribution in [0.25, 0.3) is 0 Å². The molecule has 144 valence electrons. The SMILES string of the molecule is C=CCNC(=O)CN(Cc1ccccc1)S(=O)(=O)c1cc(Cl)ccc1OC. The molecule has 0 fully saturated rings. The van der Waals surface area contributed by atoms with Crippen LogP contribution in [0.2, 0.25) is 5.02 Å². The molecule has 0 spiro atoms. The van der Waals surface area contributed by atoms with Crippen LogP contribution in [0.5, 0.6) is 5.75 Å². The molecule has 0 radical (unpaired) electrons. The van der Waals surface area contributed by atoms with E-state index in [1.807, 2.05) is 6.07 Å². The molecule has 0 bridgehead atoms. The van der Waals surface area contributed by atoms with Crippen molar-refractivity contribution in [3.05, 3.63) is 71.8 Å². The van der Waals surface area contributed by atoms with Crippen molar-refractivity contribution in [2.45, 2.75) is 11.4 Å². The Labute approximate surface area is 164 Å². The lowest BCUT2D eigenvalue weighted by Gasteiger charge is -2.23. The average molecular weight is 409 g/mol. The number of hydrogen-bond donors (Lipinski definition) is 1. The molecule has 2 aromatic rings. The topological polar surface area (TPSA) is 75.7 Å². The molecule has 1 amide bonds. The van der Waals surface area contributed by atoms with Crippen LogP contribution in [0.3, 0.4) is 0 Å². The second kappa shape index (κ2) is 9.55. The quantitative estimate of drug-likeness (QED) is 0.647. The van der Waals surface area contributed by atoms with Crippen LogP contribution in [0.1, 0.15) is 5.56 Å². The van der Waals surface area contributed by atoms with E-state index in [0.29, 0.717) is 0 Å². The van der Waals surface area contributed by atoms with E-state index in [9.17, 15) is 13.2 Å². The maximum atomic E-state index is 13.3. The summed E-state index contributed by atoms with van der Waals surface area (Å²) in [5, 5.41) is 2.85. The molecule has 0 heterocycles. The zero-order valence-electron chi connectivity index (χ0n) is 14.9. The molecular weight excluding hydrogens is 388 g/mol. The Kier molecular flexibility index (Phi) is 7.41. The number of carbonyl (C=O) groups is 1. The number of nitrogens with zero attached hydrogens (tertiary/aromatic N) is 1. The maximum Gasteiger partial charge on any atom is 0.247 e. The fraction of sp³-hybridized carbons (Fsp3) is 0.211. The molecule has 6 nitrogen and oxygen atoms in total. The molecule has 0 aliphatic rings. The molecule has 0 aromatic heterocycles. The number of amides is 1. The Morgan fingerprint density at radius 3 is 2.59 bits per heavy atom. The van der Waals surface area contributed by atoms with Crippen molar-refractivity contribution >= 4 is 27.5 Å². The van der Waals surface area contributed by atoms with Gasteiger partial charge >= 0.3 is 0 Å². The first kappa shape index (κ1) is 21.0. The monoisotopic (exact) mass is 408 g/mol. The van der Waals surface area contributed by atoms with E-state index in [1.54, 1.807) is 24.3 Å². The van der Waals surface area contributed by atoms with Gasteiger partial charge in [0.1, 0.15) is 10.6 Å². The number of nitrogens with one attached hydrogen (secondary N) is 1. The fourth-order valence-corrected chi connectivity index (χ4v) is 4.21. The van der Waals surface area contributed by atoms with E-state index in [1.165, 1.54) is 31.4 Å². The van der Waals surface area contributed by atoms with Crippen molar-refractivity contribution in [2.24, 2.45) is 0 Å². The van der Waals surface area contributed by atoms with Crippen molar-refractivity contribution in [2.75, 3.05) is 20.2 Å². The van der Waals surface area contributed by atoms with E-state index >= 15 is 0 Å². The first-order valence-electron chi connectivity index (χ1n) is 8.13. The largest absolute Gasteiger partial charge is 0.495 e. The van der Waals surface area contributed by atoms with Gasteiger partial charge in [0.2, 0.25) is 15.9 Å². The Balaban J connectivity index is 2.42. The highest BCUT2D eigenvalue weighted by molar-refractivity contribution is 7.89. The summed E-state index contributed by atoms with van der Waals surface area (Å²) >= 11 is 5.99. The first-order valence-corrected chi connectivity index (χ1v) is 9.95. The van der Waals surface area contributed by atoms with E-state index in [4.69, 9.17) is 16.3 Å². The highest BCUT2D eigenvalue weighted by Gasteiger charge is 2.30. The van der Waals surface area contributed by atoms with Gasteiger partial charge in [-0.15, -0.1) is 6.58 Å². The van der Waals surface area contributed by atoms with Crippen LogP contribution in [0, 0.1) is 0 Å². The molecule has 0 saturated carbocycles. The Morgan fingerprint density at radius 1 is 1.26 bits per heavy atom. The molecule has 0 aliphatic carbocycles. The number of methoxy groups -OCH3 is 1. The molecule has 2 rings (SSSR count). The number of halogens is 1. The second-order valence-corrected chi connectivity index (χ2v) is 7.99. The zero-order chi connectivity index (χ0) is 19.9. The van der Waals surface area contributed by atoms with Gasteiger partial charge in [-0.1, -0.05) is 48.0 Å². The summed E-state index contributed by atoms with van der Waals surface area (Å²) in [6.07, 6.45) is 1.52. The van der Waals surface area contributed by atoms with Gasteiger partial charge in [-0.2, -0.15) is 4.31 Å². The molecule has 1 N–H and O–H groups in total. The van der Waals surface area contributed by atoms with E-state index < -0.39 is 15.9 Å². The molecule has 0 aliphatic heterocycles. The molecule has 0 saturated heterocycles. The van der Waals surface area contributed by atoms with Crippen LogP contribution in [0.15, 0.2) is 66.1 Å². The average Bonchev–Trinajstić information content (AvgIpc) is 2.66. The fourth-order valence-electron chi connectivity index (χ4n) is 2.41. The minimum Gasteiger partial charge on any atom is -0.495 e. The van der Waals surface area contributed by atoms with Gasteiger partial charge in [0, 0.05) is 18.1 Å². The second-order valence-electron chi connectivity index (χ2n) is 5.65. The normalized spacial score (nSPS) is 11.2. The minimum absolute atomic E-state index is 0.0281. The lowest BCUT2D eigenvalue weighted by molar-refractivity contribution is -0.121. The summed E-state index contributed by atoms with van der Waals surface area (Å²) in [5.74, 6) is -0.278. The molecule has 0 unspecified atom stereocenters. The van der Waals surface area contributed by atoms with Crippen LogP contribution in [-0.2, 0) is 21.4 Å². The number of sulfonamides is 1. The van der Waals surface area contributed by atoms with Gasteiger partial charge < -0.3 is 10.1 Å². The third-order valence-electron chi connectivity index (χ3n) is 3.71. The van der Waals surface area contributed by atoms with Gasteiger partial charge in [-0.25, -0.2) is 8.42 Å². The molecule has 2 aromatic carbocycles. The van der Waals surface area contributed by atoms with Crippen molar-refractivity contribution in [3.8, 4) is 5.75 Å². The lowest BCUT2D eigenvalue weighted by Crippen LogP contribution is -2.40. The predicted molar refractivity (Wildman–Crippen MR) is 105 cm³/mol. The smallest absolute Gasteiger partial charge is 0.247 e. The number of carbonyl (C=O) groups excluding carboxylic acids is 1. The van der Waals surface area contributed by atoms with Gasteiger partial charge in [-0.05, 0) is 23.8 Å². The van der Waals surface area contributed by atoms with Crippen LogP contribution < -0.4 is 10.1 Å². The standard InChI is InChI=1S/C19H21ClN2O4S/c1-3-11-21-19(23)14-22(13-15-7-5-4-6-8-15)27(24,25)18-12-16(20)9-10-17(18)26-2/h3-10,12H,1,11,13-14H2,2H3,(H,21,23). The Hall–Kier alpha value is -2.35. The van der Waals surface area contributed by atoms with E-state index in [0.717, 1.165) is 9.87 Å². The summed E-state index contributed by atoms with van der Waals surface area (Å²) in [7, 11) is -2.67. The van der Waals surface area contributed by atoms with Gasteiger partial charge in [0.25, 0.3) is 0 Å². The summed E-state index contributed by atoms with van der Waals surface area (Å²) < 4.78 is 32.8. The number of rotatable bonds is 9. The van der Waals surface area contributed by atoms with Crippen LogP contribution in [0.4, 0.5) is 0 Å². The molecule has 8 heteroatoms. The summed E-state index contributed by atoms with van der Waals surface area (Å²) in [5.41, 5.74) is 0.749. The minimum atomic E-state index is -4.05. The lowest BCUT2D eigenvalue weighted by atomic mass is 10.2.